The molecular formula is C8H17N. The van der Waals surface area contributed by atoms with Crippen molar-refractivity contribution >= 4 is 0 Å². The summed E-state index contributed by atoms with van der Waals surface area (Å²) in [4.78, 5) is 0. The molecule has 1 atom stereocenters. The van der Waals surface area contributed by atoms with Gasteiger partial charge in [0.15, 0.2) is 0 Å². The molecule has 0 heterocycles. The lowest BCUT2D eigenvalue weighted by Crippen LogP contribution is -2.09. The zero-order valence-corrected chi connectivity index (χ0v) is 6.65. The first-order valence-electron chi connectivity index (χ1n) is 3.61. The van der Waals surface area contributed by atoms with Crippen LogP contribution in [0.3, 0.4) is 0 Å². The normalized spacial score (nSPS) is 15.8. The van der Waals surface area contributed by atoms with Gasteiger partial charge in [0.05, 0.1) is 0 Å². The highest BCUT2D eigenvalue weighted by molar-refractivity contribution is 5.05. The molecule has 0 saturated carbocycles. The van der Waals surface area contributed by atoms with Crippen LogP contribution in [0.4, 0.5) is 0 Å². The zero-order chi connectivity index (χ0) is 7.28. The Morgan fingerprint density at radius 1 is 1.67 bits per heavy atom. The first kappa shape index (κ1) is 8.70. The van der Waals surface area contributed by atoms with Crippen molar-refractivity contribution in [3.8, 4) is 0 Å². The van der Waals surface area contributed by atoms with E-state index in [0.29, 0.717) is 12.5 Å². The minimum Gasteiger partial charge on any atom is -0.327 e. The predicted octanol–water partition coefficient (Wildman–Crippen LogP) is 1.94. The molecule has 0 aliphatic heterocycles. The van der Waals surface area contributed by atoms with Crippen LogP contribution in [0.2, 0.25) is 0 Å². The maximum atomic E-state index is 5.49. The van der Waals surface area contributed by atoms with E-state index in [-0.39, 0.29) is 0 Å². The SMILES string of the molecule is C/C=C(\CN)[C@H](C)CC. The molecule has 0 rings (SSSR count). The summed E-state index contributed by atoms with van der Waals surface area (Å²) in [5.74, 6) is 0.667. The third-order valence-electron chi connectivity index (χ3n) is 1.85. The number of hydrogen-bond donors (Lipinski definition) is 1. The van der Waals surface area contributed by atoms with Crippen molar-refractivity contribution in [2.45, 2.75) is 27.2 Å². The van der Waals surface area contributed by atoms with Gasteiger partial charge < -0.3 is 5.73 Å². The fourth-order valence-electron chi connectivity index (χ4n) is 0.866. The maximum Gasteiger partial charge on any atom is 0.0139 e. The van der Waals surface area contributed by atoms with E-state index in [1.54, 1.807) is 0 Å². The van der Waals surface area contributed by atoms with Crippen LogP contribution < -0.4 is 5.73 Å². The van der Waals surface area contributed by atoms with Gasteiger partial charge in [0.2, 0.25) is 0 Å². The van der Waals surface area contributed by atoms with E-state index in [0.717, 1.165) is 0 Å². The first-order chi connectivity index (χ1) is 4.26. The monoisotopic (exact) mass is 127 g/mol. The van der Waals surface area contributed by atoms with E-state index in [4.69, 9.17) is 5.73 Å². The van der Waals surface area contributed by atoms with E-state index in [1.807, 2.05) is 6.92 Å². The molecule has 0 aliphatic carbocycles. The summed E-state index contributed by atoms with van der Waals surface area (Å²) >= 11 is 0. The van der Waals surface area contributed by atoms with Crippen LogP contribution in [0.5, 0.6) is 0 Å². The molecule has 0 aromatic carbocycles. The summed E-state index contributed by atoms with van der Waals surface area (Å²) in [6.07, 6.45) is 3.31. The summed E-state index contributed by atoms with van der Waals surface area (Å²) in [6, 6.07) is 0. The van der Waals surface area contributed by atoms with Gasteiger partial charge in [-0.3, -0.25) is 0 Å². The Hall–Kier alpha value is -0.300. The van der Waals surface area contributed by atoms with Crippen molar-refractivity contribution in [1.29, 1.82) is 0 Å². The van der Waals surface area contributed by atoms with Crippen LogP contribution in [0.15, 0.2) is 11.6 Å². The molecular weight excluding hydrogens is 110 g/mol. The molecule has 1 nitrogen and oxygen atoms in total. The zero-order valence-electron chi connectivity index (χ0n) is 6.65. The van der Waals surface area contributed by atoms with E-state index in [9.17, 15) is 0 Å². The molecule has 0 radical (unpaired) electrons. The van der Waals surface area contributed by atoms with Crippen LogP contribution in [-0.2, 0) is 0 Å². The van der Waals surface area contributed by atoms with Gasteiger partial charge in [0, 0.05) is 6.54 Å². The number of nitrogens with two attached hydrogens (primary N) is 1. The van der Waals surface area contributed by atoms with Gasteiger partial charge in [-0.05, 0) is 19.3 Å². The van der Waals surface area contributed by atoms with Crippen molar-refractivity contribution < 1.29 is 0 Å². The Morgan fingerprint density at radius 3 is 2.33 bits per heavy atom. The molecule has 0 bridgehead atoms. The molecule has 54 valence electrons. The summed E-state index contributed by atoms with van der Waals surface area (Å²) in [5.41, 5.74) is 6.86. The Labute approximate surface area is 57.9 Å². The smallest absolute Gasteiger partial charge is 0.0139 e. The molecule has 0 aromatic rings. The Balaban J connectivity index is 3.80. The highest BCUT2D eigenvalue weighted by atomic mass is 14.5. The Kier molecular flexibility index (Phi) is 4.41. The van der Waals surface area contributed by atoms with Gasteiger partial charge >= 0.3 is 0 Å². The summed E-state index contributed by atoms with van der Waals surface area (Å²) in [7, 11) is 0. The topological polar surface area (TPSA) is 26.0 Å². The quantitative estimate of drug-likeness (QED) is 0.576. The molecule has 0 saturated heterocycles. The predicted molar refractivity (Wildman–Crippen MR) is 42.3 cm³/mol. The second-order valence-electron chi connectivity index (χ2n) is 2.38. The van der Waals surface area contributed by atoms with Crippen molar-refractivity contribution in [3.63, 3.8) is 0 Å². The third-order valence-corrected chi connectivity index (χ3v) is 1.85. The summed E-state index contributed by atoms with van der Waals surface area (Å²) < 4.78 is 0. The Morgan fingerprint density at radius 2 is 2.22 bits per heavy atom. The molecule has 9 heavy (non-hydrogen) atoms. The first-order valence-corrected chi connectivity index (χ1v) is 3.61. The van der Waals surface area contributed by atoms with Crippen LogP contribution in [0.25, 0.3) is 0 Å². The second-order valence-corrected chi connectivity index (χ2v) is 2.38. The average Bonchev–Trinajstić information content (AvgIpc) is 1.90. The average molecular weight is 127 g/mol. The van der Waals surface area contributed by atoms with E-state index in [2.05, 4.69) is 19.9 Å². The lowest BCUT2D eigenvalue weighted by atomic mass is 9.99. The third kappa shape index (κ3) is 2.66. The van der Waals surface area contributed by atoms with Gasteiger partial charge in [-0.2, -0.15) is 0 Å². The minimum atomic E-state index is 0.667. The molecule has 0 aliphatic rings. The Bertz CT molecular complexity index is 94.7. The van der Waals surface area contributed by atoms with Crippen molar-refractivity contribution in [1.82, 2.24) is 0 Å². The van der Waals surface area contributed by atoms with Gasteiger partial charge in [-0.15, -0.1) is 0 Å². The largest absolute Gasteiger partial charge is 0.327 e. The highest BCUT2D eigenvalue weighted by Crippen LogP contribution is 2.11. The van der Waals surface area contributed by atoms with Crippen LogP contribution in [-0.4, -0.2) is 6.54 Å². The molecule has 1 heteroatoms. The summed E-state index contributed by atoms with van der Waals surface area (Å²) in [5, 5.41) is 0. The number of rotatable bonds is 3. The van der Waals surface area contributed by atoms with E-state index >= 15 is 0 Å². The van der Waals surface area contributed by atoms with Gasteiger partial charge in [0.25, 0.3) is 0 Å². The lowest BCUT2D eigenvalue weighted by Gasteiger charge is -2.10. The van der Waals surface area contributed by atoms with Crippen molar-refractivity contribution in [3.05, 3.63) is 11.6 Å². The molecule has 0 fully saturated rings. The maximum absolute atomic E-state index is 5.49. The molecule has 0 aromatic heterocycles. The van der Waals surface area contributed by atoms with Gasteiger partial charge in [-0.1, -0.05) is 25.5 Å². The lowest BCUT2D eigenvalue weighted by molar-refractivity contribution is 0.641. The second kappa shape index (κ2) is 4.57. The fourth-order valence-corrected chi connectivity index (χ4v) is 0.866. The standard InChI is InChI=1S/C8H17N/c1-4-7(3)8(5-2)6-9/h5,7H,4,6,9H2,1-3H3/b8-5+/t7-/m1/s1. The van der Waals surface area contributed by atoms with Crippen LogP contribution >= 0.6 is 0 Å². The van der Waals surface area contributed by atoms with Gasteiger partial charge in [0.1, 0.15) is 0 Å². The van der Waals surface area contributed by atoms with E-state index in [1.165, 1.54) is 12.0 Å². The van der Waals surface area contributed by atoms with Crippen LogP contribution in [0, 0.1) is 5.92 Å². The van der Waals surface area contributed by atoms with Crippen LogP contribution in [0.1, 0.15) is 27.2 Å². The molecule has 0 amide bonds. The number of hydrogen-bond acceptors (Lipinski definition) is 1. The van der Waals surface area contributed by atoms with Crippen molar-refractivity contribution in [2.75, 3.05) is 6.54 Å². The fraction of sp³-hybridized carbons (Fsp3) is 0.750. The minimum absolute atomic E-state index is 0.667. The summed E-state index contributed by atoms with van der Waals surface area (Å²) in [6.45, 7) is 7.16. The number of allylic oxidation sites excluding steroid dienone is 1. The molecule has 0 spiro atoms. The van der Waals surface area contributed by atoms with E-state index < -0.39 is 0 Å². The van der Waals surface area contributed by atoms with Crippen molar-refractivity contribution in [2.24, 2.45) is 11.7 Å². The molecule has 0 unspecified atom stereocenters. The molecule has 2 N–H and O–H groups in total. The van der Waals surface area contributed by atoms with Gasteiger partial charge in [-0.25, -0.2) is 0 Å². The highest BCUT2D eigenvalue weighted by Gasteiger charge is 2.01.